The summed E-state index contributed by atoms with van der Waals surface area (Å²) in [6.07, 6.45) is 4.38. The average Bonchev–Trinajstić information content (AvgIpc) is 3.71. The van der Waals surface area contributed by atoms with Gasteiger partial charge in [0.2, 0.25) is 16.0 Å². The average molecular weight is 517 g/mol. The van der Waals surface area contributed by atoms with Crippen molar-refractivity contribution in [1.29, 1.82) is 0 Å². The summed E-state index contributed by atoms with van der Waals surface area (Å²) in [5.41, 5.74) is 8.12. The van der Waals surface area contributed by atoms with E-state index in [-0.39, 0.29) is 40.1 Å². The first kappa shape index (κ1) is 24.9. The quantitative estimate of drug-likeness (QED) is 0.487. The molecular formula is C25H30F2N6O2S. The molecule has 3 N–H and O–H groups in total. The molecule has 0 bridgehead atoms. The molecule has 3 heterocycles. The third-order valence-electron chi connectivity index (χ3n) is 6.98. The van der Waals surface area contributed by atoms with E-state index in [0.29, 0.717) is 43.4 Å². The lowest BCUT2D eigenvalue weighted by Gasteiger charge is -2.31. The van der Waals surface area contributed by atoms with Gasteiger partial charge in [-0.15, -0.1) is 0 Å². The zero-order valence-electron chi connectivity index (χ0n) is 20.3. The third-order valence-corrected chi connectivity index (χ3v) is 9.38. The Morgan fingerprint density at radius 1 is 1.11 bits per heavy atom. The molecule has 1 unspecified atom stereocenters. The zero-order chi connectivity index (χ0) is 25.6. The van der Waals surface area contributed by atoms with Gasteiger partial charge in [-0.1, -0.05) is 6.92 Å². The number of rotatable bonds is 7. The van der Waals surface area contributed by atoms with Crippen LogP contribution in [0.15, 0.2) is 24.4 Å². The Hall–Kier alpha value is -2.76. The number of benzene rings is 1. The molecule has 192 valence electrons. The summed E-state index contributed by atoms with van der Waals surface area (Å²) in [7, 11) is -3.19. The maximum absolute atomic E-state index is 15.1. The first-order chi connectivity index (χ1) is 17.2. The molecule has 1 aromatic carbocycles. The van der Waals surface area contributed by atoms with Crippen molar-refractivity contribution < 1.29 is 17.2 Å². The standard InChI is InChI=1S/C25H30F2N6O2S/c1-3-22(28)18-10-14(2)30-24-19(18)11-15(12-20(24)26)23-21(27)13-29-25(32-23)31-16-6-8-33(9-7-16)36(34,35)17-4-5-17/h10-13,16-17,22H,3-9,28H2,1-2H3,(H,29,31,32). The molecule has 11 heteroatoms. The number of nitrogens with zero attached hydrogens (tertiary/aromatic N) is 4. The van der Waals surface area contributed by atoms with Crippen LogP contribution in [0.1, 0.15) is 56.3 Å². The fraction of sp³-hybridized carbons (Fsp3) is 0.480. The van der Waals surface area contributed by atoms with Gasteiger partial charge in [0.05, 0.1) is 11.4 Å². The van der Waals surface area contributed by atoms with Gasteiger partial charge in [0.1, 0.15) is 17.0 Å². The fourth-order valence-electron chi connectivity index (χ4n) is 4.76. The second-order valence-corrected chi connectivity index (χ2v) is 11.9. The van der Waals surface area contributed by atoms with Crippen LogP contribution >= 0.6 is 0 Å². The van der Waals surface area contributed by atoms with E-state index in [1.165, 1.54) is 6.07 Å². The number of halogens is 2. The van der Waals surface area contributed by atoms with Crippen molar-refractivity contribution >= 4 is 26.9 Å². The summed E-state index contributed by atoms with van der Waals surface area (Å²) in [4.78, 5) is 12.7. The molecule has 2 aliphatic rings. The summed E-state index contributed by atoms with van der Waals surface area (Å²) in [5, 5.41) is 3.50. The van der Waals surface area contributed by atoms with E-state index in [2.05, 4.69) is 20.3 Å². The number of fused-ring (bicyclic) bond motifs is 1. The van der Waals surface area contributed by atoms with Crippen LogP contribution in [0.25, 0.3) is 22.2 Å². The maximum Gasteiger partial charge on any atom is 0.223 e. The molecule has 0 amide bonds. The van der Waals surface area contributed by atoms with Crippen LogP contribution in [0, 0.1) is 18.6 Å². The molecule has 1 aliphatic heterocycles. The van der Waals surface area contributed by atoms with E-state index in [0.717, 1.165) is 24.6 Å². The van der Waals surface area contributed by atoms with Crippen molar-refractivity contribution in [2.24, 2.45) is 5.73 Å². The molecule has 2 fully saturated rings. The highest BCUT2D eigenvalue weighted by Gasteiger charge is 2.41. The monoisotopic (exact) mass is 516 g/mol. The normalized spacial score (nSPS) is 18.5. The van der Waals surface area contributed by atoms with E-state index in [1.807, 2.05) is 13.0 Å². The number of hydrogen-bond acceptors (Lipinski definition) is 7. The number of nitrogens with one attached hydrogen (secondary N) is 1. The van der Waals surface area contributed by atoms with Gasteiger partial charge in [0.25, 0.3) is 0 Å². The molecular weight excluding hydrogens is 486 g/mol. The topological polar surface area (TPSA) is 114 Å². The van der Waals surface area contributed by atoms with Gasteiger partial charge >= 0.3 is 0 Å². The molecule has 1 saturated heterocycles. The molecule has 3 aromatic rings. The lowest BCUT2D eigenvalue weighted by Crippen LogP contribution is -2.43. The largest absolute Gasteiger partial charge is 0.351 e. The number of anilines is 1. The summed E-state index contributed by atoms with van der Waals surface area (Å²) >= 11 is 0. The molecule has 2 aromatic heterocycles. The summed E-state index contributed by atoms with van der Waals surface area (Å²) < 4.78 is 56.5. The molecule has 1 saturated carbocycles. The first-order valence-electron chi connectivity index (χ1n) is 12.3. The molecule has 1 aliphatic carbocycles. The lowest BCUT2D eigenvalue weighted by atomic mass is 9.97. The van der Waals surface area contributed by atoms with E-state index in [9.17, 15) is 12.8 Å². The van der Waals surface area contributed by atoms with Crippen LogP contribution < -0.4 is 11.1 Å². The second kappa shape index (κ2) is 9.60. The molecule has 0 radical (unpaired) electrons. The van der Waals surface area contributed by atoms with E-state index < -0.39 is 21.7 Å². The third kappa shape index (κ3) is 4.79. The Kier molecular flexibility index (Phi) is 6.65. The minimum Gasteiger partial charge on any atom is -0.351 e. The minimum absolute atomic E-state index is 0.0290. The van der Waals surface area contributed by atoms with Crippen molar-refractivity contribution in [3.63, 3.8) is 0 Å². The SMILES string of the molecule is CCC(N)c1cc(C)nc2c(F)cc(-c3nc(NC4CCN(S(=O)(=O)C5CC5)CC4)ncc3F)cc12. The fourth-order valence-corrected chi connectivity index (χ4v) is 6.63. The van der Waals surface area contributed by atoms with Crippen molar-refractivity contribution in [2.45, 2.75) is 63.3 Å². The van der Waals surface area contributed by atoms with Crippen LogP contribution in [0.5, 0.6) is 0 Å². The van der Waals surface area contributed by atoms with E-state index in [4.69, 9.17) is 5.73 Å². The van der Waals surface area contributed by atoms with Crippen LogP contribution in [0.2, 0.25) is 0 Å². The van der Waals surface area contributed by atoms with Gasteiger partial charge in [-0.05, 0) is 62.8 Å². The number of piperidine rings is 1. The second-order valence-electron chi connectivity index (χ2n) is 9.67. The van der Waals surface area contributed by atoms with Gasteiger partial charge in [-0.2, -0.15) is 0 Å². The highest BCUT2D eigenvalue weighted by atomic mass is 32.2. The summed E-state index contributed by atoms with van der Waals surface area (Å²) in [6.45, 7) is 4.58. The van der Waals surface area contributed by atoms with Gasteiger partial charge in [-0.25, -0.2) is 31.5 Å². The van der Waals surface area contributed by atoms with Crippen molar-refractivity contribution in [3.05, 3.63) is 47.3 Å². The maximum atomic E-state index is 15.1. The molecule has 36 heavy (non-hydrogen) atoms. The smallest absolute Gasteiger partial charge is 0.223 e. The Morgan fingerprint density at radius 2 is 1.83 bits per heavy atom. The van der Waals surface area contributed by atoms with Gasteiger partial charge in [0.15, 0.2) is 5.82 Å². The predicted octanol–water partition coefficient (Wildman–Crippen LogP) is 4.06. The van der Waals surface area contributed by atoms with Crippen LogP contribution in [-0.2, 0) is 10.0 Å². The minimum atomic E-state index is -3.19. The van der Waals surface area contributed by atoms with Crippen molar-refractivity contribution in [2.75, 3.05) is 18.4 Å². The Balaban J connectivity index is 1.41. The molecule has 5 rings (SSSR count). The number of aromatic nitrogens is 3. The van der Waals surface area contributed by atoms with Gasteiger partial charge in [0, 0.05) is 41.8 Å². The zero-order valence-corrected chi connectivity index (χ0v) is 21.2. The number of aryl methyl sites for hydroxylation is 1. The van der Waals surface area contributed by atoms with E-state index in [1.54, 1.807) is 17.3 Å². The van der Waals surface area contributed by atoms with Crippen molar-refractivity contribution in [3.8, 4) is 11.3 Å². The number of sulfonamides is 1. The van der Waals surface area contributed by atoms with Gasteiger partial charge in [-0.3, -0.25) is 4.98 Å². The van der Waals surface area contributed by atoms with Crippen LogP contribution in [0.3, 0.4) is 0 Å². The number of nitrogens with two attached hydrogens (primary N) is 1. The van der Waals surface area contributed by atoms with Crippen LogP contribution in [-0.4, -0.2) is 52.1 Å². The van der Waals surface area contributed by atoms with Gasteiger partial charge < -0.3 is 11.1 Å². The van der Waals surface area contributed by atoms with E-state index >= 15 is 4.39 Å². The highest BCUT2D eigenvalue weighted by Crippen LogP contribution is 2.34. The molecule has 0 spiro atoms. The molecule has 1 atom stereocenters. The summed E-state index contributed by atoms with van der Waals surface area (Å²) in [5.74, 6) is -1.04. The first-order valence-corrected chi connectivity index (χ1v) is 13.8. The highest BCUT2D eigenvalue weighted by molar-refractivity contribution is 7.90. The Bertz CT molecular complexity index is 1410. The predicted molar refractivity (Wildman–Crippen MR) is 135 cm³/mol. The Morgan fingerprint density at radius 3 is 2.50 bits per heavy atom. The number of hydrogen-bond donors (Lipinski definition) is 2. The number of pyridine rings is 1. The van der Waals surface area contributed by atoms with Crippen molar-refractivity contribution in [1.82, 2.24) is 19.3 Å². The Labute approximate surface area is 209 Å². The molecule has 8 nitrogen and oxygen atoms in total. The lowest BCUT2D eigenvalue weighted by molar-refractivity contribution is 0.328. The van der Waals surface area contributed by atoms with Crippen LogP contribution in [0.4, 0.5) is 14.7 Å². The summed E-state index contributed by atoms with van der Waals surface area (Å²) in [6, 6.07) is 4.37.